The maximum atomic E-state index is 12.2. The molecule has 0 saturated heterocycles. The van der Waals surface area contributed by atoms with Crippen LogP contribution in [0.2, 0.25) is 0 Å². The summed E-state index contributed by atoms with van der Waals surface area (Å²) in [6, 6.07) is 7.93. The molecule has 0 radical (unpaired) electrons. The lowest BCUT2D eigenvalue weighted by molar-refractivity contribution is 0.677. The van der Waals surface area contributed by atoms with Gasteiger partial charge < -0.3 is 10.3 Å². The highest BCUT2D eigenvalue weighted by atomic mass is 32.2. The second-order valence-electron chi connectivity index (χ2n) is 4.70. The summed E-state index contributed by atoms with van der Waals surface area (Å²) in [6.07, 6.45) is 5.43. The summed E-state index contributed by atoms with van der Waals surface area (Å²) in [5.74, 6) is 0.450. The van der Waals surface area contributed by atoms with Crippen LogP contribution in [0.1, 0.15) is 19.4 Å². The summed E-state index contributed by atoms with van der Waals surface area (Å²) < 4.78 is 12.2. The maximum absolute atomic E-state index is 12.2. The second kappa shape index (κ2) is 7.05. The highest BCUT2D eigenvalue weighted by Gasteiger charge is 2.09. The number of aromatic amines is 1. The minimum absolute atomic E-state index is 0.450. The Morgan fingerprint density at radius 3 is 2.90 bits per heavy atom. The zero-order chi connectivity index (χ0) is 14.4. The van der Waals surface area contributed by atoms with Crippen LogP contribution in [0.3, 0.4) is 0 Å². The molecule has 106 valence electrons. The van der Waals surface area contributed by atoms with Gasteiger partial charge in [-0.1, -0.05) is 29.8 Å². The average Bonchev–Trinajstić information content (AvgIpc) is 2.94. The number of imidazole rings is 1. The van der Waals surface area contributed by atoms with E-state index in [1.54, 1.807) is 12.4 Å². The minimum Gasteiger partial charge on any atom is -0.381 e. The number of anilines is 1. The summed E-state index contributed by atoms with van der Waals surface area (Å²) in [4.78, 5) is 6.94. The van der Waals surface area contributed by atoms with E-state index in [4.69, 9.17) is 0 Å². The molecule has 0 bridgehead atoms. The Morgan fingerprint density at radius 1 is 1.40 bits per heavy atom. The highest BCUT2D eigenvalue weighted by molar-refractivity contribution is 7.84. The van der Waals surface area contributed by atoms with E-state index < -0.39 is 10.8 Å². The van der Waals surface area contributed by atoms with Gasteiger partial charge in [-0.25, -0.2) is 4.98 Å². The molecule has 5 heteroatoms. The number of hydrogen-bond acceptors (Lipinski definition) is 3. The summed E-state index contributed by atoms with van der Waals surface area (Å²) in [6.45, 7) is 4.91. The van der Waals surface area contributed by atoms with E-state index in [9.17, 15) is 4.21 Å². The molecule has 0 amide bonds. The van der Waals surface area contributed by atoms with E-state index >= 15 is 0 Å². The third kappa shape index (κ3) is 4.06. The third-order valence-electron chi connectivity index (χ3n) is 2.80. The van der Waals surface area contributed by atoms with Gasteiger partial charge in [0.1, 0.15) is 0 Å². The fourth-order valence-electron chi connectivity index (χ4n) is 1.77. The Hall–Kier alpha value is -1.88. The van der Waals surface area contributed by atoms with Crippen LogP contribution in [0.25, 0.3) is 0 Å². The number of hydrogen-bond donors (Lipinski definition) is 2. The quantitative estimate of drug-likeness (QED) is 0.803. The van der Waals surface area contributed by atoms with Crippen molar-refractivity contribution in [3.8, 4) is 0 Å². The molecule has 0 aliphatic heterocycles. The molecule has 0 aliphatic carbocycles. The van der Waals surface area contributed by atoms with Crippen molar-refractivity contribution in [2.75, 3.05) is 11.9 Å². The summed E-state index contributed by atoms with van der Waals surface area (Å²) >= 11 is 0. The fourth-order valence-corrected chi connectivity index (χ4v) is 2.82. The van der Waals surface area contributed by atoms with Gasteiger partial charge in [-0.15, -0.1) is 0 Å². The molecule has 4 nitrogen and oxygen atoms in total. The van der Waals surface area contributed by atoms with Crippen LogP contribution >= 0.6 is 0 Å². The number of rotatable bonds is 6. The highest BCUT2D eigenvalue weighted by Crippen LogP contribution is 2.18. The first-order valence-corrected chi connectivity index (χ1v) is 7.81. The van der Waals surface area contributed by atoms with E-state index in [1.807, 2.05) is 24.3 Å². The Bertz CT molecular complexity index is 601. The van der Waals surface area contributed by atoms with Crippen LogP contribution < -0.4 is 5.32 Å². The number of aromatic nitrogens is 2. The molecule has 1 atom stereocenters. The molecule has 2 aromatic rings. The Labute approximate surface area is 121 Å². The molecular weight excluding hydrogens is 270 g/mol. The van der Waals surface area contributed by atoms with E-state index in [0.29, 0.717) is 10.9 Å². The lowest BCUT2D eigenvalue weighted by Crippen LogP contribution is -2.05. The van der Waals surface area contributed by atoms with E-state index in [2.05, 4.69) is 35.2 Å². The van der Waals surface area contributed by atoms with E-state index in [-0.39, 0.29) is 0 Å². The predicted molar refractivity (Wildman–Crippen MR) is 83.1 cm³/mol. The van der Waals surface area contributed by atoms with Gasteiger partial charge in [0.2, 0.25) is 0 Å². The van der Waals surface area contributed by atoms with Crippen molar-refractivity contribution in [1.82, 2.24) is 9.97 Å². The first-order chi connectivity index (χ1) is 9.66. The van der Waals surface area contributed by atoms with Gasteiger partial charge in [0.25, 0.3) is 0 Å². The van der Waals surface area contributed by atoms with Crippen LogP contribution in [-0.2, 0) is 16.6 Å². The van der Waals surface area contributed by atoms with Crippen molar-refractivity contribution >= 4 is 16.5 Å². The number of nitrogens with one attached hydrogen (secondary N) is 2. The molecule has 20 heavy (non-hydrogen) atoms. The van der Waals surface area contributed by atoms with Crippen LogP contribution in [0.5, 0.6) is 0 Å². The molecule has 2 rings (SSSR count). The molecular formula is C15H19N3OS. The molecule has 2 N–H and O–H groups in total. The first-order valence-electron chi connectivity index (χ1n) is 6.49. The molecule has 0 aliphatic rings. The molecule has 1 unspecified atom stereocenters. The van der Waals surface area contributed by atoms with Crippen molar-refractivity contribution in [2.24, 2.45) is 0 Å². The Balaban J connectivity index is 2.08. The van der Waals surface area contributed by atoms with Gasteiger partial charge in [-0.05, 0) is 25.5 Å². The predicted octanol–water partition coefficient (Wildman–Crippen LogP) is 3.10. The number of benzene rings is 1. The smallest absolute Gasteiger partial charge is 0.196 e. The molecule has 0 fully saturated rings. The fraction of sp³-hybridized carbons (Fsp3) is 0.267. The molecule has 0 spiro atoms. The SMILES string of the molecule is CC(C)=CCNc1ccccc1CS(=O)c1ncc[nH]1. The van der Waals surface area contributed by atoms with Gasteiger partial charge in [0, 0.05) is 24.6 Å². The zero-order valence-corrected chi connectivity index (χ0v) is 12.5. The van der Waals surface area contributed by atoms with Gasteiger partial charge in [0.15, 0.2) is 5.16 Å². The monoisotopic (exact) mass is 289 g/mol. The van der Waals surface area contributed by atoms with Crippen molar-refractivity contribution < 1.29 is 4.21 Å². The van der Waals surface area contributed by atoms with Crippen molar-refractivity contribution in [3.05, 3.63) is 53.9 Å². The van der Waals surface area contributed by atoms with Crippen LogP contribution in [-0.4, -0.2) is 20.7 Å². The standard InChI is InChI=1S/C15H19N3OS/c1-12(2)7-8-16-14-6-4-3-5-13(14)11-20(19)15-17-9-10-18-15/h3-7,9-10,16H,8,11H2,1-2H3,(H,17,18). The second-order valence-corrected chi connectivity index (χ2v) is 6.07. The largest absolute Gasteiger partial charge is 0.381 e. The van der Waals surface area contributed by atoms with Crippen molar-refractivity contribution in [1.29, 1.82) is 0 Å². The molecule has 1 heterocycles. The zero-order valence-electron chi connectivity index (χ0n) is 11.7. The molecule has 1 aromatic carbocycles. The molecule has 0 saturated carbocycles. The van der Waals surface area contributed by atoms with Gasteiger partial charge in [-0.3, -0.25) is 4.21 Å². The number of allylic oxidation sites excluding steroid dienone is 1. The van der Waals surface area contributed by atoms with E-state index in [1.165, 1.54) is 5.57 Å². The van der Waals surface area contributed by atoms with Crippen LogP contribution in [0.4, 0.5) is 5.69 Å². The minimum atomic E-state index is -1.15. The Morgan fingerprint density at radius 2 is 2.20 bits per heavy atom. The van der Waals surface area contributed by atoms with Gasteiger partial charge >= 0.3 is 0 Å². The number of para-hydroxylation sites is 1. The first kappa shape index (κ1) is 14.5. The average molecular weight is 289 g/mol. The third-order valence-corrected chi connectivity index (χ3v) is 4.02. The summed E-state index contributed by atoms with van der Waals surface area (Å²) in [7, 11) is -1.15. The Kier molecular flexibility index (Phi) is 5.12. The van der Waals surface area contributed by atoms with Crippen LogP contribution in [0.15, 0.2) is 53.5 Å². The van der Waals surface area contributed by atoms with Crippen molar-refractivity contribution in [2.45, 2.75) is 24.8 Å². The summed E-state index contributed by atoms with van der Waals surface area (Å²) in [5.41, 5.74) is 3.32. The van der Waals surface area contributed by atoms with Crippen molar-refractivity contribution in [3.63, 3.8) is 0 Å². The lowest BCUT2D eigenvalue weighted by Gasteiger charge is -2.10. The van der Waals surface area contributed by atoms with Gasteiger partial charge in [0.05, 0.1) is 16.6 Å². The molecule has 1 aromatic heterocycles. The maximum Gasteiger partial charge on any atom is 0.196 e. The van der Waals surface area contributed by atoms with E-state index in [0.717, 1.165) is 17.8 Å². The topological polar surface area (TPSA) is 57.8 Å². The number of H-pyrrole nitrogens is 1. The number of nitrogens with zero attached hydrogens (tertiary/aromatic N) is 1. The van der Waals surface area contributed by atoms with Gasteiger partial charge in [-0.2, -0.15) is 0 Å². The summed E-state index contributed by atoms with van der Waals surface area (Å²) in [5, 5.41) is 3.87. The lowest BCUT2D eigenvalue weighted by atomic mass is 10.2. The normalized spacial score (nSPS) is 11.9. The van der Waals surface area contributed by atoms with Crippen LogP contribution in [0, 0.1) is 0 Å².